The standard InChI is InChI=1S/C23H25N5O3/c29-21-13-17(14-27(21)15-19-5-4-12-31-19)23(30)24-18-9-7-16(8-10-18)22-26-25-20-6-2-1-3-11-28(20)22/h4-5,7-10,12,17H,1-3,6,11,13-15H2,(H,24,30)/t17-/m0/s1. The zero-order chi connectivity index (χ0) is 21.2. The summed E-state index contributed by atoms with van der Waals surface area (Å²) in [5.41, 5.74) is 1.70. The van der Waals surface area contributed by atoms with Gasteiger partial charge in [0, 0.05) is 37.2 Å². The van der Waals surface area contributed by atoms with Crippen molar-refractivity contribution in [2.24, 2.45) is 5.92 Å². The first-order chi connectivity index (χ1) is 15.2. The highest BCUT2D eigenvalue weighted by Gasteiger charge is 2.34. The first-order valence-electron chi connectivity index (χ1n) is 10.8. The molecule has 4 heterocycles. The number of benzene rings is 1. The van der Waals surface area contributed by atoms with Gasteiger partial charge in [0.25, 0.3) is 0 Å². The molecule has 2 aromatic heterocycles. The summed E-state index contributed by atoms with van der Waals surface area (Å²) in [7, 11) is 0. The summed E-state index contributed by atoms with van der Waals surface area (Å²) in [4.78, 5) is 26.7. The third-order valence-electron chi connectivity index (χ3n) is 6.03. The van der Waals surface area contributed by atoms with Crippen molar-refractivity contribution in [1.82, 2.24) is 19.7 Å². The molecule has 0 unspecified atom stereocenters. The summed E-state index contributed by atoms with van der Waals surface area (Å²) >= 11 is 0. The Morgan fingerprint density at radius 1 is 1.13 bits per heavy atom. The second-order valence-corrected chi connectivity index (χ2v) is 8.22. The van der Waals surface area contributed by atoms with Crippen LogP contribution in [-0.2, 0) is 29.1 Å². The molecule has 1 fully saturated rings. The van der Waals surface area contributed by atoms with Crippen molar-refractivity contribution in [2.45, 2.75) is 45.2 Å². The van der Waals surface area contributed by atoms with Crippen LogP contribution in [0, 0.1) is 5.92 Å². The molecule has 2 amide bonds. The number of hydrogen-bond donors (Lipinski definition) is 1. The Morgan fingerprint density at radius 2 is 2.00 bits per heavy atom. The van der Waals surface area contributed by atoms with Gasteiger partial charge < -0.3 is 19.2 Å². The van der Waals surface area contributed by atoms with Crippen molar-refractivity contribution in [3.63, 3.8) is 0 Å². The number of nitrogens with one attached hydrogen (secondary N) is 1. The van der Waals surface area contributed by atoms with Gasteiger partial charge in [0.15, 0.2) is 5.82 Å². The minimum Gasteiger partial charge on any atom is -0.467 e. The molecular weight excluding hydrogens is 394 g/mol. The van der Waals surface area contributed by atoms with Gasteiger partial charge in [0.2, 0.25) is 11.8 Å². The van der Waals surface area contributed by atoms with Crippen LogP contribution in [0.3, 0.4) is 0 Å². The van der Waals surface area contributed by atoms with Crippen LogP contribution in [0.2, 0.25) is 0 Å². The number of aromatic nitrogens is 3. The number of amides is 2. The van der Waals surface area contributed by atoms with E-state index in [0.717, 1.165) is 48.8 Å². The number of hydrogen-bond acceptors (Lipinski definition) is 5. The SMILES string of the molecule is O=C(Nc1ccc(-c2nnc3n2CCCCC3)cc1)[C@H]1CC(=O)N(Cc2ccco2)C1. The molecule has 8 heteroatoms. The normalized spacial score (nSPS) is 18.6. The molecule has 2 aliphatic rings. The number of carbonyl (C=O) groups excluding carboxylic acids is 2. The summed E-state index contributed by atoms with van der Waals surface area (Å²) < 4.78 is 7.52. The van der Waals surface area contributed by atoms with E-state index < -0.39 is 0 Å². The second-order valence-electron chi connectivity index (χ2n) is 8.22. The van der Waals surface area contributed by atoms with Crippen LogP contribution < -0.4 is 5.32 Å². The molecule has 0 radical (unpaired) electrons. The Kier molecular flexibility index (Phi) is 5.28. The fourth-order valence-corrected chi connectivity index (χ4v) is 4.34. The Labute approximate surface area is 180 Å². The van der Waals surface area contributed by atoms with Crippen molar-refractivity contribution in [2.75, 3.05) is 11.9 Å². The van der Waals surface area contributed by atoms with Crippen molar-refractivity contribution in [3.05, 3.63) is 54.2 Å². The van der Waals surface area contributed by atoms with Crippen molar-refractivity contribution >= 4 is 17.5 Å². The van der Waals surface area contributed by atoms with Gasteiger partial charge in [0.05, 0.1) is 18.7 Å². The lowest BCUT2D eigenvalue weighted by molar-refractivity contribution is -0.128. The number of carbonyl (C=O) groups is 2. The van der Waals surface area contributed by atoms with Crippen LogP contribution in [0.1, 0.15) is 37.3 Å². The second kappa shape index (κ2) is 8.37. The number of aryl methyl sites for hydroxylation is 1. The largest absolute Gasteiger partial charge is 0.467 e. The predicted molar refractivity (Wildman–Crippen MR) is 114 cm³/mol. The highest BCUT2D eigenvalue weighted by atomic mass is 16.3. The van der Waals surface area contributed by atoms with E-state index in [1.165, 1.54) is 6.42 Å². The molecule has 160 valence electrons. The molecular formula is C23H25N5O3. The summed E-state index contributed by atoms with van der Waals surface area (Å²) in [6.45, 7) is 1.74. The van der Waals surface area contributed by atoms with E-state index >= 15 is 0 Å². The quantitative estimate of drug-likeness (QED) is 0.685. The van der Waals surface area contributed by atoms with E-state index in [0.29, 0.717) is 18.8 Å². The maximum absolute atomic E-state index is 12.7. The van der Waals surface area contributed by atoms with Crippen molar-refractivity contribution in [3.8, 4) is 11.4 Å². The summed E-state index contributed by atoms with van der Waals surface area (Å²) in [6.07, 6.45) is 6.29. The Morgan fingerprint density at radius 3 is 2.81 bits per heavy atom. The molecule has 1 atom stereocenters. The van der Waals surface area contributed by atoms with Gasteiger partial charge in [-0.1, -0.05) is 6.42 Å². The monoisotopic (exact) mass is 419 g/mol. The van der Waals surface area contributed by atoms with Crippen LogP contribution in [0.5, 0.6) is 0 Å². The van der Waals surface area contributed by atoms with Crippen LogP contribution in [0.15, 0.2) is 47.1 Å². The molecule has 31 heavy (non-hydrogen) atoms. The number of anilines is 1. The smallest absolute Gasteiger partial charge is 0.229 e. The minimum atomic E-state index is -0.366. The molecule has 3 aromatic rings. The predicted octanol–water partition coefficient (Wildman–Crippen LogP) is 3.25. The summed E-state index contributed by atoms with van der Waals surface area (Å²) in [6, 6.07) is 11.3. The maximum atomic E-state index is 12.7. The zero-order valence-corrected chi connectivity index (χ0v) is 17.3. The summed E-state index contributed by atoms with van der Waals surface area (Å²) in [5.74, 6) is 2.11. The Hall–Kier alpha value is -3.42. The fraction of sp³-hybridized carbons (Fsp3) is 0.391. The molecule has 8 nitrogen and oxygen atoms in total. The van der Waals surface area contributed by atoms with E-state index in [2.05, 4.69) is 20.1 Å². The van der Waals surface area contributed by atoms with E-state index in [1.54, 1.807) is 17.2 Å². The van der Waals surface area contributed by atoms with Crippen molar-refractivity contribution < 1.29 is 14.0 Å². The first-order valence-corrected chi connectivity index (χ1v) is 10.8. The van der Waals surface area contributed by atoms with Gasteiger partial charge in [-0.2, -0.15) is 0 Å². The third-order valence-corrected chi connectivity index (χ3v) is 6.03. The van der Waals surface area contributed by atoms with Gasteiger partial charge in [-0.15, -0.1) is 10.2 Å². The maximum Gasteiger partial charge on any atom is 0.229 e. The van der Waals surface area contributed by atoms with E-state index in [-0.39, 0.29) is 24.2 Å². The zero-order valence-electron chi connectivity index (χ0n) is 17.3. The first kappa shape index (κ1) is 19.5. The van der Waals surface area contributed by atoms with E-state index in [9.17, 15) is 9.59 Å². The lowest BCUT2D eigenvalue weighted by atomic mass is 10.1. The number of rotatable bonds is 5. The molecule has 1 aromatic carbocycles. The average molecular weight is 419 g/mol. The highest BCUT2D eigenvalue weighted by molar-refractivity contribution is 5.97. The molecule has 5 rings (SSSR count). The lowest BCUT2D eigenvalue weighted by Gasteiger charge is -2.15. The van der Waals surface area contributed by atoms with Crippen LogP contribution in [0.25, 0.3) is 11.4 Å². The van der Waals surface area contributed by atoms with Crippen LogP contribution in [-0.4, -0.2) is 38.0 Å². The van der Waals surface area contributed by atoms with Gasteiger partial charge in [-0.05, 0) is 49.2 Å². The fourth-order valence-electron chi connectivity index (χ4n) is 4.34. The molecule has 0 bridgehead atoms. The molecule has 0 saturated carbocycles. The third kappa shape index (κ3) is 4.10. The topological polar surface area (TPSA) is 93.3 Å². The minimum absolute atomic E-state index is 0.0283. The summed E-state index contributed by atoms with van der Waals surface area (Å²) in [5, 5.41) is 11.7. The highest BCUT2D eigenvalue weighted by Crippen LogP contribution is 2.25. The van der Waals surface area contributed by atoms with E-state index in [1.807, 2.05) is 30.3 Å². The number of nitrogens with zero attached hydrogens (tertiary/aromatic N) is 4. The van der Waals surface area contributed by atoms with Crippen LogP contribution in [0.4, 0.5) is 5.69 Å². The van der Waals surface area contributed by atoms with Gasteiger partial charge >= 0.3 is 0 Å². The van der Waals surface area contributed by atoms with Gasteiger partial charge in [-0.25, -0.2) is 0 Å². The van der Waals surface area contributed by atoms with E-state index in [4.69, 9.17) is 4.42 Å². The number of furan rings is 1. The molecule has 1 saturated heterocycles. The van der Waals surface area contributed by atoms with Crippen molar-refractivity contribution in [1.29, 1.82) is 0 Å². The molecule has 1 N–H and O–H groups in total. The van der Waals surface area contributed by atoms with Gasteiger partial charge in [0.1, 0.15) is 11.6 Å². The average Bonchev–Trinajstić information content (AvgIpc) is 3.47. The number of fused-ring (bicyclic) bond motifs is 1. The van der Waals surface area contributed by atoms with Crippen LogP contribution >= 0.6 is 0 Å². The molecule has 0 spiro atoms. The molecule has 2 aliphatic heterocycles. The Bertz CT molecular complexity index is 1070. The van der Waals surface area contributed by atoms with Gasteiger partial charge in [-0.3, -0.25) is 9.59 Å². The lowest BCUT2D eigenvalue weighted by Crippen LogP contribution is -2.27. The Balaban J connectivity index is 1.23. The molecule has 0 aliphatic carbocycles. The number of likely N-dealkylation sites (tertiary alicyclic amines) is 1.